The van der Waals surface area contributed by atoms with Gasteiger partial charge in [0.15, 0.2) is 0 Å². The third kappa shape index (κ3) is 4.89. The molecule has 0 radical (unpaired) electrons. The summed E-state index contributed by atoms with van der Waals surface area (Å²) in [5, 5.41) is 0.552. The molecule has 2 rings (SSSR count). The summed E-state index contributed by atoms with van der Waals surface area (Å²) in [5.74, 6) is 1.32. The Kier molecular flexibility index (Phi) is 7.14. The van der Waals surface area contributed by atoms with Crippen LogP contribution in [0.4, 0.5) is 0 Å². The molecule has 0 spiro atoms. The van der Waals surface area contributed by atoms with Gasteiger partial charge in [0.2, 0.25) is 0 Å². The Bertz CT molecular complexity index is 714. The molecule has 134 valence electrons. The van der Waals surface area contributed by atoms with Crippen LogP contribution < -0.4 is 9.47 Å². The number of nitrogens with zero attached hydrogens (tertiary/aromatic N) is 1. The number of ether oxygens (including phenoxy) is 2. The molecule has 0 fully saturated rings. The summed E-state index contributed by atoms with van der Waals surface area (Å²) in [5.41, 5.74) is 1.45. The van der Waals surface area contributed by atoms with Gasteiger partial charge in [-0.3, -0.25) is 4.79 Å². The average molecular weight is 362 g/mol. The third-order valence-corrected chi connectivity index (χ3v) is 4.19. The van der Waals surface area contributed by atoms with E-state index in [1.54, 1.807) is 17.0 Å². The molecule has 0 heterocycles. The fourth-order valence-electron chi connectivity index (χ4n) is 2.53. The summed E-state index contributed by atoms with van der Waals surface area (Å²) in [6.45, 7) is 8.03. The molecular weight excluding hydrogens is 338 g/mol. The number of para-hydroxylation sites is 1. The minimum Gasteiger partial charge on any atom is -0.493 e. The highest BCUT2D eigenvalue weighted by molar-refractivity contribution is 6.32. The largest absolute Gasteiger partial charge is 0.493 e. The highest BCUT2D eigenvalue weighted by Gasteiger charge is 2.15. The second kappa shape index (κ2) is 9.33. The number of carbonyl (C=O) groups is 1. The van der Waals surface area contributed by atoms with Gasteiger partial charge in [0.05, 0.1) is 11.6 Å². The van der Waals surface area contributed by atoms with Crippen LogP contribution >= 0.6 is 11.6 Å². The first-order valence-corrected chi connectivity index (χ1v) is 8.90. The van der Waals surface area contributed by atoms with Gasteiger partial charge in [0.25, 0.3) is 5.91 Å². The lowest BCUT2D eigenvalue weighted by Crippen LogP contribution is -2.30. The Morgan fingerprint density at radius 2 is 1.72 bits per heavy atom. The van der Waals surface area contributed by atoms with Gasteiger partial charge in [0.1, 0.15) is 18.1 Å². The molecule has 5 heteroatoms. The van der Waals surface area contributed by atoms with Gasteiger partial charge in [-0.15, -0.1) is 0 Å². The van der Waals surface area contributed by atoms with Crippen molar-refractivity contribution >= 4 is 17.5 Å². The van der Waals surface area contributed by atoms with Crippen molar-refractivity contribution < 1.29 is 14.3 Å². The summed E-state index contributed by atoms with van der Waals surface area (Å²) < 4.78 is 11.5. The van der Waals surface area contributed by atoms with Crippen molar-refractivity contribution in [1.29, 1.82) is 0 Å². The molecule has 2 aromatic rings. The van der Waals surface area contributed by atoms with Gasteiger partial charge in [-0.1, -0.05) is 23.7 Å². The predicted molar refractivity (Wildman–Crippen MR) is 101 cm³/mol. The minimum atomic E-state index is 0.00652. The van der Waals surface area contributed by atoms with Gasteiger partial charge >= 0.3 is 0 Å². The lowest BCUT2D eigenvalue weighted by Gasteiger charge is -2.20. The number of hydrogen-bond acceptors (Lipinski definition) is 3. The van der Waals surface area contributed by atoms with E-state index in [9.17, 15) is 4.79 Å². The first-order chi connectivity index (χ1) is 12.1. The Balaban J connectivity index is 2.25. The molecule has 0 aliphatic rings. The molecule has 0 saturated heterocycles. The molecule has 0 atom stereocenters. The second-order valence-electron chi connectivity index (χ2n) is 5.45. The summed E-state index contributed by atoms with van der Waals surface area (Å²) >= 11 is 6.14. The Morgan fingerprint density at radius 1 is 1.00 bits per heavy atom. The quantitative estimate of drug-likeness (QED) is 0.678. The van der Waals surface area contributed by atoms with E-state index in [2.05, 4.69) is 0 Å². The van der Waals surface area contributed by atoms with Crippen molar-refractivity contribution in [3.05, 3.63) is 58.6 Å². The highest BCUT2D eigenvalue weighted by atomic mass is 35.5. The van der Waals surface area contributed by atoms with Crippen LogP contribution in [0.5, 0.6) is 11.5 Å². The monoisotopic (exact) mass is 361 g/mol. The maximum Gasteiger partial charge on any atom is 0.253 e. The van der Waals surface area contributed by atoms with Gasteiger partial charge in [-0.25, -0.2) is 0 Å². The Hall–Kier alpha value is -2.20. The predicted octanol–water partition coefficient (Wildman–Crippen LogP) is 4.80. The Labute approximate surface area is 154 Å². The van der Waals surface area contributed by atoms with E-state index in [1.165, 1.54) is 0 Å². The van der Waals surface area contributed by atoms with E-state index < -0.39 is 0 Å². The summed E-state index contributed by atoms with van der Waals surface area (Å²) in [4.78, 5) is 14.4. The minimum absolute atomic E-state index is 0.00652. The lowest BCUT2D eigenvalue weighted by atomic mass is 10.1. The van der Waals surface area contributed by atoms with E-state index >= 15 is 0 Å². The van der Waals surface area contributed by atoms with Crippen molar-refractivity contribution in [1.82, 2.24) is 4.90 Å². The number of amides is 1. The molecule has 0 bridgehead atoms. The van der Waals surface area contributed by atoms with Gasteiger partial charge in [-0.2, -0.15) is 0 Å². The molecule has 2 aromatic carbocycles. The second-order valence-corrected chi connectivity index (χ2v) is 5.86. The maximum atomic E-state index is 12.6. The zero-order valence-electron chi connectivity index (χ0n) is 14.9. The molecule has 0 unspecified atom stereocenters. The van der Waals surface area contributed by atoms with Crippen molar-refractivity contribution in [2.75, 3.05) is 19.7 Å². The van der Waals surface area contributed by atoms with Crippen LogP contribution in [0.3, 0.4) is 0 Å². The third-order valence-electron chi connectivity index (χ3n) is 3.88. The average Bonchev–Trinajstić information content (AvgIpc) is 2.63. The standard InChI is InChI=1S/C20H24ClNO3/c1-4-22(5-2)20(23)15-11-12-18(24-6-3)16(13-15)14-25-19-10-8-7-9-17(19)21/h7-13H,4-6,14H2,1-3H3. The summed E-state index contributed by atoms with van der Waals surface area (Å²) in [6, 6.07) is 12.8. The SMILES string of the molecule is CCOc1ccc(C(=O)N(CC)CC)cc1COc1ccccc1Cl. The van der Waals surface area contributed by atoms with Crippen LogP contribution in [-0.2, 0) is 6.61 Å². The number of rotatable bonds is 8. The molecule has 25 heavy (non-hydrogen) atoms. The smallest absolute Gasteiger partial charge is 0.253 e. The summed E-state index contributed by atoms with van der Waals surface area (Å²) in [6.07, 6.45) is 0. The van der Waals surface area contributed by atoms with Crippen molar-refractivity contribution in [2.24, 2.45) is 0 Å². The number of halogens is 1. The van der Waals surface area contributed by atoms with E-state index in [-0.39, 0.29) is 12.5 Å². The van der Waals surface area contributed by atoms with Gasteiger partial charge in [-0.05, 0) is 51.1 Å². The van der Waals surface area contributed by atoms with Crippen LogP contribution in [0.2, 0.25) is 5.02 Å². The molecule has 0 aliphatic heterocycles. The molecule has 1 amide bonds. The van der Waals surface area contributed by atoms with E-state index in [0.717, 1.165) is 5.56 Å². The highest BCUT2D eigenvalue weighted by Crippen LogP contribution is 2.27. The number of carbonyl (C=O) groups excluding carboxylic acids is 1. The van der Waals surface area contributed by atoms with E-state index in [4.69, 9.17) is 21.1 Å². The molecule has 0 aliphatic carbocycles. The van der Waals surface area contributed by atoms with Crippen molar-refractivity contribution in [3.63, 3.8) is 0 Å². The van der Waals surface area contributed by atoms with Crippen LogP contribution in [0.15, 0.2) is 42.5 Å². The normalized spacial score (nSPS) is 10.4. The first-order valence-electron chi connectivity index (χ1n) is 8.53. The maximum absolute atomic E-state index is 12.6. The van der Waals surface area contributed by atoms with Crippen LogP contribution in [0, 0.1) is 0 Å². The molecule has 0 N–H and O–H groups in total. The molecule has 0 saturated carbocycles. The molecule has 4 nitrogen and oxygen atoms in total. The zero-order valence-corrected chi connectivity index (χ0v) is 15.7. The molecular formula is C20H24ClNO3. The lowest BCUT2D eigenvalue weighted by molar-refractivity contribution is 0.0772. The van der Waals surface area contributed by atoms with Gasteiger partial charge < -0.3 is 14.4 Å². The fourth-order valence-corrected chi connectivity index (χ4v) is 2.72. The van der Waals surface area contributed by atoms with Gasteiger partial charge in [0, 0.05) is 24.2 Å². The van der Waals surface area contributed by atoms with Crippen LogP contribution in [0.1, 0.15) is 36.7 Å². The first kappa shape index (κ1) is 19.1. The zero-order chi connectivity index (χ0) is 18.2. The fraction of sp³-hybridized carbons (Fsp3) is 0.350. The van der Waals surface area contributed by atoms with Crippen molar-refractivity contribution in [3.8, 4) is 11.5 Å². The van der Waals surface area contributed by atoms with E-state index in [1.807, 2.05) is 51.1 Å². The molecule has 0 aromatic heterocycles. The van der Waals surface area contributed by atoms with Crippen molar-refractivity contribution in [2.45, 2.75) is 27.4 Å². The van der Waals surface area contributed by atoms with E-state index in [0.29, 0.717) is 41.8 Å². The topological polar surface area (TPSA) is 38.8 Å². The number of hydrogen-bond donors (Lipinski definition) is 0. The van der Waals surface area contributed by atoms with Crippen LogP contribution in [-0.4, -0.2) is 30.5 Å². The summed E-state index contributed by atoms with van der Waals surface area (Å²) in [7, 11) is 0. The number of benzene rings is 2. The van der Waals surface area contributed by atoms with Crippen LogP contribution in [0.25, 0.3) is 0 Å². The Morgan fingerprint density at radius 3 is 2.36 bits per heavy atom.